The van der Waals surface area contributed by atoms with Gasteiger partial charge in [-0.2, -0.15) is 23.3 Å². The Bertz CT molecular complexity index is 608. The van der Waals surface area contributed by atoms with Crippen LogP contribution in [-0.4, -0.2) is 33.6 Å². The van der Waals surface area contributed by atoms with Crippen LogP contribution in [0.3, 0.4) is 0 Å². The molecule has 0 spiro atoms. The zero-order chi connectivity index (χ0) is 16.7. The Labute approximate surface area is 126 Å². The summed E-state index contributed by atoms with van der Waals surface area (Å²) < 4.78 is 39.3. The minimum atomic E-state index is -4.98. The quantitative estimate of drug-likeness (QED) is 0.911. The molecule has 22 heavy (non-hydrogen) atoms. The first-order valence-electron chi connectivity index (χ1n) is 6.84. The van der Waals surface area contributed by atoms with Crippen LogP contribution in [0.4, 0.5) is 13.2 Å². The van der Waals surface area contributed by atoms with Crippen LogP contribution >= 0.6 is 0 Å². The van der Waals surface area contributed by atoms with Crippen LogP contribution in [-0.2, 0) is 0 Å². The van der Waals surface area contributed by atoms with Crippen molar-refractivity contribution in [2.24, 2.45) is 5.10 Å². The minimum absolute atomic E-state index is 0.0468. The van der Waals surface area contributed by atoms with Crippen molar-refractivity contribution in [3.8, 4) is 0 Å². The molecule has 4 nitrogen and oxygen atoms in total. The molecule has 0 unspecified atom stereocenters. The average Bonchev–Trinajstić information content (AvgIpc) is 2.74. The second-order valence-corrected chi connectivity index (χ2v) is 5.72. The Morgan fingerprint density at radius 2 is 1.86 bits per heavy atom. The predicted octanol–water partition coefficient (Wildman–Crippen LogP) is 3.28. The fraction of sp³-hybridized carbons (Fsp3) is 0.467. The van der Waals surface area contributed by atoms with Crippen molar-refractivity contribution in [1.82, 2.24) is 5.01 Å². The first-order chi connectivity index (χ1) is 10.1. The number of aliphatic hydroxyl groups is 1. The smallest absolute Gasteiger partial charge is 0.362 e. The zero-order valence-electron chi connectivity index (χ0n) is 12.5. The molecule has 1 amide bonds. The lowest BCUT2D eigenvalue weighted by Crippen LogP contribution is -2.56. The summed E-state index contributed by atoms with van der Waals surface area (Å²) in [5.74, 6) is -0.740. The number of carbonyl (C=O) groups excluding carboxylic acids is 1. The van der Waals surface area contributed by atoms with E-state index in [-0.39, 0.29) is 22.2 Å². The molecule has 120 valence electrons. The normalized spacial score (nSPS) is 22.2. The molecule has 0 saturated carbocycles. The molecule has 0 fully saturated rings. The zero-order valence-corrected chi connectivity index (χ0v) is 12.5. The van der Waals surface area contributed by atoms with Gasteiger partial charge in [-0.1, -0.05) is 26.0 Å². The first kappa shape index (κ1) is 16.5. The lowest BCUT2D eigenvalue weighted by Gasteiger charge is -2.32. The lowest BCUT2D eigenvalue weighted by molar-refractivity contribution is -0.297. The van der Waals surface area contributed by atoms with Crippen LogP contribution in [0.1, 0.15) is 49.0 Å². The third-order valence-electron chi connectivity index (χ3n) is 3.59. The van der Waals surface area contributed by atoms with E-state index >= 15 is 0 Å². The van der Waals surface area contributed by atoms with Gasteiger partial charge in [0, 0.05) is 17.7 Å². The molecule has 0 aliphatic carbocycles. The van der Waals surface area contributed by atoms with Gasteiger partial charge in [0.25, 0.3) is 11.6 Å². The summed E-state index contributed by atoms with van der Waals surface area (Å²) in [5.41, 5.74) is -2.23. The summed E-state index contributed by atoms with van der Waals surface area (Å²) >= 11 is 0. The largest absolute Gasteiger partial charge is 0.438 e. The predicted molar refractivity (Wildman–Crippen MR) is 75.4 cm³/mol. The molecule has 1 aliphatic rings. The number of hydrogen-bond donors (Lipinski definition) is 1. The maximum absolute atomic E-state index is 13.1. The minimum Gasteiger partial charge on any atom is -0.362 e. The van der Waals surface area contributed by atoms with Gasteiger partial charge in [-0.05, 0) is 30.5 Å². The van der Waals surface area contributed by atoms with Crippen molar-refractivity contribution in [3.63, 3.8) is 0 Å². The molecule has 1 aromatic rings. The second kappa shape index (κ2) is 5.39. The average molecular weight is 314 g/mol. The molecule has 0 bridgehead atoms. The summed E-state index contributed by atoms with van der Waals surface area (Å²) in [5, 5.41) is 13.6. The van der Waals surface area contributed by atoms with Gasteiger partial charge in [-0.25, -0.2) is 0 Å². The van der Waals surface area contributed by atoms with Crippen molar-refractivity contribution in [1.29, 1.82) is 0 Å². The summed E-state index contributed by atoms with van der Waals surface area (Å²) in [7, 11) is 0. The van der Waals surface area contributed by atoms with Gasteiger partial charge in [0.15, 0.2) is 0 Å². The molecule has 1 atom stereocenters. The second-order valence-electron chi connectivity index (χ2n) is 5.72. The molecule has 1 N–H and O–H groups in total. The number of rotatable bonds is 2. The van der Waals surface area contributed by atoms with Gasteiger partial charge in [0.1, 0.15) is 0 Å². The SMILES string of the molecule is CC1=NN(C(=O)c2ccc(C(C)C)cc2)[C@@](O)(C(F)(F)F)C1. The molecule has 0 saturated heterocycles. The molecule has 1 aromatic carbocycles. The Kier molecular flexibility index (Phi) is 4.04. The molecule has 1 aliphatic heterocycles. The number of benzene rings is 1. The highest BCUT2D eigenvalue weighted by Gasteiger charge is 2.62. The van der Waals surface area contributed by atoms with E-state index in [0.717, 1.165) is 5.56 Å². The molecular formula is C15H17F3N2O2. The van der Waals surface area contributed by atoms with Crippen LogP contribution in [0, 0.1) is 0 Å². The van der Waals surface area contributed by atoms with E-state index in [1.54, 1.807) is 12.1 Å². The molecule has 1 heterocycles. The van der Waals surface area contributed by atoms with Crippen molar-refractivity contribution in [2.75, 3.05) is 0 Å². The van der Waals surface area contributed by atoms with Gasteiger partial charge in [0.05, 0.1) is 0 Å². The van der Waals surface area contributed by atoms with Crippen LogP contribution in [0.2, 0.25) is 0 Å². The maximum atomic E-state index is 13.1. The van der Waals surface area contributed by atoms with Crippen LogP contribution < -0.4 is 0 Å². The van der Waals surface area contributed by atoms with E-state index in [0.29, 0.717) is 0 Å². The highest BCUT2D eigenvalue weighted by atomic mass is 19.4. The highest BCUT2D eigenvalue weighted by Crippen LogP contribution is 2.40. The molecule has 0 radical (unpaired) electrons. The van der Waals surface area contributed by atoms with Gasteiger partial charge in [-0.3, -0.25) is 4.79 Å². The maximum Gasteiger partial charge on any atom is 0.438 e. The molecular weight excluding hydrogens is 297 g/mol. The van der Waals surface area contributed by atoms with Crippen molar-refractivity contribution in [2.45, 2.75) is 45.0 Å². The number of halogens is 3. The summed E-state index contributed by atoms with van der Waals surface area (Å²) in [4.78, 5) is 12.3. The number of nitrogens with zero attached hydrogens (tertiary/aromatic N) is 2. The van der Waals surface area contributed by atoms with Crippen LogP contribution in [0.25, 0.3) is 0 Å². The van der Waals surface area contributed by atoms with Crippen molar-refractivity contribution >= 4 is 11.6 Å². The Balaban J connectivity index is 2.35. The van der Waals surface area contributed by atoms with Gasteiger partial charge < -0.3 is 5.11 Å². The third-order valence-corrected chi connectivity index (χ3v) is 3.59. The fourth-order valence-corrected chi connectivity index (χ4v) is 2.29. The Hall–Kier alpha value is -1.89. The summed E-state index contributed by atoms with van der Waals surface area (Å²) in [6.07, 6.45) is -5.73. The van der Waals surface area contributed by atoms with E-state index in [1.165, 1.54) is 19.1 Å². The lowest BCUT2D eigenvalue weighted by atomic mass is 10.0. The van der Waals surface area contributed by atoms with E-state index in [2.05, 4.69) is 5.10 Å². The highest BCUT2D eigenvalue weighted by molar-refractivity contribution is 5.97. The van der Waals surface area contributed by atoms with Gasteiger partial charge in [-0.15, -0.1) is 0 Å². The Morgan fingerprint density at radius 3 is 2.32 bits per heavy atom. The van der Waals surface area contributed by atoms with Crippen LogP contribution in [0.15, 0.2) is 29.4 Å². The van der Waals surface area contributed by atoms with E-state index < -0.39 is 24.2 Å². The molecule has 2 rings (SSSR count). The fourth-order valence-electron chi connectivity index (χ4n) is 2.29. The van der Waals surface area contributed by atoms with Crippen LogP contribution in [0.5, 0.6) is 0 Å². The van der Waals surface area contributed by atoms with E-state index in [4.69, 9.17) is 0 Å². The third kappa shape index (κ3) is 2.72. The van der Waals surface area contributed by atoms with E-state index in [1.807, 2.05) is 13.8 Å². The number of amides is 1. The monoisotopic (exact) mass is 314 g/mol. The van der Waals surface area contributed by atoms with Crippen molar-refractivity contribution < 1.29 is 23.1 Å². The summed E-state index contributed by atoms with van der Waals surface area (Å²) in [6.45, 7) is 5.27. The summed E-state index contributed by atoms with van der Waals surface area (Å²) in [6, 6.07) is 6.24. The van der Waals surface area contributed by atoms with Gasteiger partial charge >= 0.3 is 6.18 Å². The number of hydrazone groups is 1. The molecule has 7 heteroatoms. The van der Waals surface area contributed by atoms with E-state index in [9.17, 15) is 23.1 Å². The first-order valence-corrected chi connectivity index (χ1v) is 6.84. The Morgan fingerprint density at radius 1 is 1.32 bits per heavy atom. The number of hydrogen-bond acceptors (Lipinski definition) is 3. The van der Waals surface area contributed by atoms with Gasteiger partial charge in [0.2, 0.25) is 0 Å². The topological polar surface area (TPSA) is 52.9 Å². The molecule has 0 aromatic heterocycles. The number of alkyl halides is 3. The number of carbonyl (C=O) groups is 1. The standard InChI is InChI=1S/C15H17F3N2O2/c1-9(2)11-4-6-12(7-5-11)13(21)20-14(22,15(16,17)18)8-10(3)19-20/h4-7,9,22H,8H2,1-3H3/t14-/m0/s1. The van der Waals surface area contributed by atoms with Crippen molar-refractivity contribution in [3.05, 3.63) is 35.4 Å².